The third kappa shape index (κ3) is 3.34. The fraction of sp³-hybridized carbons (Fsp3) is 0.250. The predicted octanol–water partition coefficient (Wildman–Crippen LogP) is 4.98. The number of hydrogen-bond donors (Lipinski definition) is 0. The van der Waals surface area contributed by atoms with Crippen molar-refractivity contribution < 1.29 is 4.79 Å². The second-order valence-corrected chi connectivity index (χ2v) is 8.27. The zero-order valence-electron chi connectivity index (χ0n) is 14.4. The molecule has 0 unspecified atom stereocenters. The molecule has 132 valence electrons. The Morgan fingerprint density at radius 3 is 2.77 bits per heavy atom. The lowest BCUT2D eigenvalue weighted by Crippen LogP contribution is -2.30. The van der Waals surface area contributed by atoms with Gasteiger partial charge in [0.2, 0.25) is 0 Å². The topological polar surface area (TPSA) is 46.1 Å². The Hall–Kier alpha value is -2.31. The second-order valence-electron chi connectivity index (χ2n) is 6.17. The highest BCUT2D eigenvalue weighted by Crippen LogP contribution is 2.33. The summed E-state index contributed by atoms with van der Waals surface area (Å²) < 4.78 is 0. The first kappa shape index (κ1) is 17.1. The second kappa shape index (κ2) is 7.51. The van der Waals surface area contributed by atoms with Crippen LogP contribution in [0.4, 0.5) is 5.13 Å². The SMILES string of the molecule is C=CCN(C(=O)c1cnc(-c2ccccc2)s1)c1nc2c(s1)CCCC2. The third-order valence-electron chi connectivity index (χ3n) is 4.36. The number of carbonyl (C=O) groups excluding carboxylic acids is 1. The lowest BCUT2D eigenvalue weighted by Gasteiger charge is -2.16. The number of rotatable bonds is 5. The molecule has 0 fully saturated rings. The van der Waals surface area contributed by atoms with Crippen molar-refractivity contribution in [1.82, 2.24) is 9.97 Å². The van der Waals surface area contributed by atoms with E-state index in [9.17, 15) is 4.79 Å². The van der Waals surface area contributed by atoms with Crippen molar-refractivity contribution >= 4 is 33.7 Å². The van der Waals surface area contributed by atoms with Crippen molar-refractivity contribution in [3.05, 3.63) is 64.6 Å². The number of aryl methyl sites for hydroxylation is 2. The van der Waals surface area contributed by atoms with Gasteiger partial charge < -0.3 is 0 Å². The van der Waals surface area contributed by atoms with Crippen LogP contribution in [0.2, 0.25) is 0 Å². The van der Waals surface area contributed by atoms with Gasteiger partial charge in [-0.2, -0.15) is 0 Å². The van der Waals surface area contributed by atoms with E-state index in [0.29, 0.717) is 11.4 Å². The summed E-state index contributed by atoms with van der Waals surface area (Å²) in [4.78, 5) is 26.0. The number of benzene rings is 1. The summed E-state index contributed by atoms with van der Waals surface area (Å²) in [6, 6.07) is 9.93. The van der Waals surface area contributed by atoms with Gasteiger partial charge in [-0.25, -0.2) is 9.97 Å². The van der Waals surface area contributed by atoms with E-state index in [1.54, 1.807) is 28.5 Å². The van der Waals surface area contributed by atoms with Crippen molar-refractivity contribution in [3.63, 3.8) is 0 Å². The number of thiazole rings is 2. The molecule has 26 heavy (non-hydrogen) atoms. The normalized spacial score (nSPS) is 13.2. The minimum Gasteiger partial charge on any atom is -0.279 e. The highest BCUT2D eigenvalue weighted by molar-refractivity contribution is 7.17. The van der Waals surface area contributed by atoms with Crippen molar-refractivity contribution in [3.8, 4) is 10.6 Å². The first-order chi connectivity index (χ1) is 12.8. The number of amides is 1. The van der Waals surface area contributed by atoms with Crippen LogP contribution in [-0.4, -0.2) is 22.4 Å². The van der Waals surface area contributed by atoms with Crippen LogP contribution in [-0.2, 0) is 12.8 Å². The van der Waals surface area contributed by atoms with Crippen LogP contribution < -0.4 is 4.90 Å². The summed E-state index contributed by atoms with van der Waals surface area (Å²) in [7, 11) is 0. The Morgan fingerprint density at radius 1 is 1.19 bits per heavy atom. The molecule has 0 bridgehead atoms. The summed E-state index contributed by atoms with van der Waals surface area (Å²) in [5.74, 6) is -0.0596. The van der Waals surface area contributed by atoms with Gasteiger partial charge in [0.1, 0.15) is 9.88 Å². The summed E-state index contributed by atoms with van der Waals surface area (Å²) >= 11 is 3.06. The standard InChI is InChI=1S/C20H19N3OS2/c1-2-12-23(20-22-15-10-6-7-11-16(15)26-20)19(24)17-13-21-18(25-17)14-8-4-3-5-9-14/h2-5,8-9,13H,1,6-7,10-12H2. The van der Waals surface area contributed by atoms with Gasteiger partial charge >= 0.3 is 0 Å². The molecular weight excluding hydrogens is 362 g/mol. The van der Waals surface area contributed by atoms with Gasteiger partial charge in [0.15, 0.2) is 5.13 Å². The number of carbonyl (C=O) groups is 1. The van der Waals surface area contributed by atoms with Crippen LogP contribution in [0.1, 0.15) is 33.1 Å². The van der Waals surface area contributed by atoms with Gasteiger partial charge in [-0.1, -0.05) is 36.4 Å². The number of nitrogens with zero attached hydrogens (tertiary/aromatic N) is 3. The fourth-order valence-corrected chi connectivity index (χ4v) is 5.08. The molecule has 1 aliphatic rings. The van der Waals surface area contributed by atoms with E-state index < -0.39 is 0 Å². The van der Waals surface area contributed by atoms with Gasteiger partial charge in [0.05, 0.1) is 11.9 Å². The molecule has 0 spiro atoms. The average molecular weight is 382 g/mol. The Balaban J connectivity index is 1.63. The van der Waals surface area contributed by atoms with E-state index in [1.165, 1.54) is 29.1 Å². The van der Waals surface area contributed by atoms with Crippen LogP contribution in [0.15, 0.2) is 49.2 Å². The molecular formula is C20H19N3OS2. The Bertz CT molecular complexity index is 906. The molecule has 0 saturated heterocycles. The molecule has 1 aromatic carbocycles. The monoisotopic (exact) mass is 381 g/mol. The molecule has 1 aliphatic carbocycles. The maximum atomic E-state index is 13.1. The largest absolute Gasteiger partial charge is 0.279 e. The summed E-state index contributed by atoms with van der Waals surface area (Å²) in [6.45, 7) is 4.26. The first-order valence-electron chi connectivity index (χ1n) is 8.69. The van der Waals surface area contributed by atoms with Gasteiger partial charge in [-0.3, -0.25) is 9.69 Å². The third-order valence-corrected chi connectivity index (χ3v) is 6.57. The van der Waals surface area contributed by atoms with Crippen molar-refractivity contribution in [1.29, 1.82) is 0 Å². The highest BCUT2D eigenvalue weighted by atomic mass is 32.1. The minimum absolute atomic E-state index is 0.0596. The number of anilines is 1. The zero-order chi connectivity index (χ0) is 17.9. The van der Waals surface area contributed by atoms with E-state index in [4.69, 9.17) is 4.98 Å². The molecule has 3 aromatic rings. The fourth-order valence-electron chi connectivity index (χ4n) is 3.05. The quantitative estimate of drug-likeness (QED) is 0.586. The van der Waals surface area contributed by atoms with Crippen molar-refractivity contribution in [2.45, 2.75) is 25.7 Å². The van der Waals surface area contributed by atoms with E-state index >= 15 is 0 Å². The van der Waals surface area contributed by atoms with Crippen LogP contribution in [0.3, 0.4) is 0 Å². The van der Waals surface area contributed by atoms with Gasteiger partial charge in [0, 0.05) is 17.0 Å². The summed E-state index contributed by atoms with van der Waals surface area (Å²) in [6.07, 6.45) is 7.89. The molecule has 0 N–H and O–H groups in total. The minimum atomic E-state index is -0.0596. The van der Waals surface area contributed by atoms with Gasteiger partial charge in [-0.15, -0.1) is 29.3 Å². The van der Waals surface area contributed by atoms with E-state index in [2.05, 4.69) is 11.6 Å². The van der Waals surface area contributed by atoms with Crippen LogP contribution in [0.25, 0.3) is 10.6 Å². The maximum Gasteiger partial charge on any atom is 0.272 e. The smallest absolute Gasteiger partial charge is 0.272 e. The average Bonchev–Trinajstić information content (AvgIpc) is 3.33. The summed E-state index contributed by atoms with van der Waals surface area (Å²) in [5, 5.41) is 1.63. The Morgan fingerprint density at radius 2 is 2.00 bits per heavy atom. The molecule has 2 aromatic heterocycles. The van der Waals surface area contributed by atoms with Crippen molar-refractivity contribution in [2.75, 3.05) is 11.4 Å². The molecule has 2 heterocycles. The Kier molecular flexibility index (Phi) is 4.95. The first-order valence-corrected chi connectivity index (χ1v) is 10.3. The molecule has 0 aliphatic heterocycles. The van der Waals surface area contributed by atoms with Crippen LogP contribution in [0.5, 0.6) is 0 Å². The van der Waals surface area contributed by atoms with Gasteiger partial charge in [0.25, 0.3) is 5.91 Å². The summed E-state index contributed by atoms with van der Waals surface area (Å²) in [5.41, 5.74) is 2.18. The number of aromatic nitrogens is 2. The van der Waals surface area contributed by atoms with E-state index in [0.717, 1.165) is 34.2 Å². The lowest BCUT2D eigenvalue weighted by molar-refractivity contribution is 0.0993. The molecule has 0 radical (unpaired) electrons. The predicted molar refractivity (Wildman–Crippen MR) is 108 cm³/mol. The lowest BCUT2D eigenvalue weighted by atomic mass is 10.0. The van der Waals surface area contributed by atoms with E-state index in [-0.39, 0.29) is 5.91 Å². The number of hydrogen-bond acceptors (Lipinski definition) is 5. The molecule has 1 amide bonds. The molecule has 4 rings (SSSR count). The van der Waals surface area contributed by atoms with Crippen molar-refractivity contribution in [2.24, 2.45) is 0 Å². The zero-order valence-corrected chi connectivity index (χ0v) is 16.0. The molecule has 4 nitrogen and oxygen atoms in total. The highest BCUT2D eigenvalue weighted by Gasteiger charge is 2.25. The molecule has 0 saturated carbocycles. The van der Waals surface area contributed by atoms with E-state index in [1.807, 2.05) is 30.3 Å². The van der Waals surface area contributed by atoms with Crippen LogP contribution >= 0.6 is 22.7 Å². The Labute approximate surface area is 160 Å². The molecule has 0 atom stereocenters. The van der Waals surface area contributed by atoms with Crippen LogP contribution in [0, 0.1) is 0 Å². The number of fused-ring (bicyclic) bond motifs is 1. The maximum absolute atomic E-state index is 13.1. The van der Waals surface area contributed by atoms with Gasteiger partial charge in [-0.05, 0) is 25.7 Å². The molecule has 6 heteroatoms.